The molecule has 0 fully saturated rings. The first-order chi connectivity index (χ1) is 11.8. The smallest absolute Gasteiger partial charge is 0.352 e. The fourth-order valence-corrected chi connectivity index (χ4v) is 2.39. The number of nitrogens with two attached hydrogens (primary N) is 1. The number of rotatable bonds is 6. The van der Waals surface area contributed by atoms with Crippen molar-refractivity contribution in [3.05, 3.63) is 71.0 Å². The number of benzene rings is 2. The molecule has 0 aliphatic heterocycles. The monoisotopic (exact) mass is 354 g/mol. The van der Waals surface area contributed by atoms with Crippen LogP contribution in [0.5, 0.6) is 0 Å². The van der Waals surface area contributed by atoms with Gasteiger partial charge in [-0.05, 0) is 35.7 Å². The number of amides is 1. The summed E-state index contributed by atoms with van der Waals surface area (Å²) >= 11 is 0. The van der Waals surface area contributed by atoms with E-state index in [-0.39, 0.29) is 25.2 Å². The van der Waals surface area contributed by atoms with E-state index in [1.54, 1.807) is 18.2 Å². The zero-order chi connectivity index (χ0) is 18.4. The van der Waals surface area contributed by atoms with Crippen LogP contribution in [0.25, 0.3) is 0 Å². The summed E-state index contributed by atoms with van der Waals surface area (Å²) in [6.45, 7) is -0.0326. The van der Waals surface area contributed by atoms with Gasteiger partial charge in [-0.2, -0.15) is 13.2 Å². The molecule has 0 saturated heterocycles. The molecule has 0 aromatic heterocycles. The first kappa shape index (κ1) is 18.9. The van der Waals surface area contributed by atoms with Crippen LogP contribution in [0.3, 0.4) is 0 Å². The Bertz CT molecular complexity index is 731. The van der Waals surface area contributed by atoms with Crippen LogP contribution in [0.1, 0.15) is 23.1 Å². The molecule has 0 spiro atoms. The summed E-state index contributed by atoms with van der Waals surface area (Å²) in [6.07, 6.45) is -4.28. The van der Waals surface area contributed by atoms with Gasteiger partial charge in [0, 0.05) is 19.0 Å². The molecule has 0 aliphatic rings. The van der Waals surface area contributed by atoms with E-state index in [9.17, 15) is 22.4 Å². The Labute approximate surface area is 142 Å². The molecule has 2 aromatic rings. The van der Waals surface area contributed by atoms with Crippen molar-refractivity contribution in [2.24, 2.45) is 5.73 Å². The first-order valence-electron chi connectivity index (χ1n) is 7.67. The number of alkyl halides is 3. The van der Waals surface area contributed by atoms with E-state index in [2.05, 4.69) is 5.32 Å². The zero-order valence-corrected chi connectivity index (χ0v) is 13.3. The van der Waals surface area contributed by atoms with Gasteiger partial charge < -0.3 is 11.1 Å². The van der Waals surface area contributed by atoms with Gasteiger partial charge in [-0.25, -0.2) is 4.39 Å². The Morgan fingerprint density at radius 1 is 1.12 bits per heavy atom. The predicted molar refractivity (Wildman–Crippen MR) is 86.0 cm³/mol. The lowest BCUT2D eigenvalue weighted by Crippen LogP contribution is -2.33. The maximum Gasteiger partial charge on any atom is 0.416 e. The largest absolute Gasteiger partial charge is 0.416 e. The van der Waals surface area contributed by atoms with E-state index in [1.807, 2.05) is 0 Å². The molecule has 1 atom stereocenters. The van der Waals surface area contributed by atoms with Crippen LogP contribution in [0.4, 0.5) is 17.6 Å². The first-order valence-corrected chi connectivity index (χ1v) is 7.67. The molecule has 2 rings (SSSR count). The molecule has 3 nitrogen and oxygen atoms in total. The van der Waals surface area contributed by atoms with Gasteiger partial charge in [-0.3, -0.25) is 4.79 Å². The summed E-state index contributed by atoms with van der Waals surface area (Å²) in [4.78, 5) is 11.9. The van der Waals surface area contributed by atoms with Crippen LogP contribution in [0.2, 0.25) is 0 Å². The van der Waals surface area contributed by atoms with Crippen molar-refractivity contribution in [1.82, 2.24) is 5.32 Å². The highest BCUT2D eigenvalue weighted by Crippen LogP contribution is 2.29. The topological polar surface area (TPSA) is 55.1 Å². The van der Waals surface area contributed by atoms with Gasteiger partial charge in [0.15, 0.2) is 0 Å². The van der Waals surface area contributed by atoms with Gasteiger partial charge in [0.1, 0.15) is 5.82 Å². The lowest BCUT2D eigenvalue weighted by molar-refractivity contribution is -0.137. The second kappa shape index (κ2) is 8.11. The highest BCUT2D eigenvalue weighted by molar-refractivity contribution is 5.76. The Morgan fingerprint density at radius 3 is 2.52 bits per heavy atom. The van der Waals surface area contributed by atoms with Crippen molar-refractivity contribution >= 4 is 5.91 Å². The van der Waals surface area contributed by atoms with Gasteiger partial charge in [0.05, 0.1) is 5.56 Å². The van der Waals surface area contributed by atoms with Crippen molar-refractivity contribution in [3.8, 4) is 0 Å². The Balaban J connectivity index is 1.85. The fraction of sp³-hybridized carbons (Fsp3) is 0.278. The third-order valence-electron chi connectivity index (χ3n) is 3.63. The van der Waals surface area contributed by atoms with E-state index in [1.165, 1.54) is 18.2 Å². The quantitative estimate of drug-likeness (QED) is 0.781. The molecule has 25 heavy (non-hydrogen) atoms. The predicted octanol–water partition coefficient (Wildman–Crippen LogP) is 3.42. The van der Waals surface area contributed by atoms with Crippen molar-refractivity contribution in [2.75, 3.05) is 0 Å². The van der Waals surface area contributed by atoms with Crippen molar-refractivity contribution in [1.29, 1.82) is 0 Å². The summed E-state index contributed by atoms with van der Waals surface area (Å²) in [7, 11) is 0. The van der Waals surface area contributed by atoms with Crippen molar-refractivity contribution < 1.29 is 22.4 Å². The van der Waals surface area contributed by atoms with E-state index in [0.29, 0.717) is 11.1 Å². The second-order valence-electron chi connectivity index (χ2n) is 5.73. The van der Waals surface area contributed by atoms with Crippen molar-refractivity contribution in [2.45, 2.75) is 31.6 Å². The Morgan fingerprint density at radius 2 is 1.84 bits per heavy atom. The molecule has 3 N–H and O–H groups in total. The molecule has 1 amide bonds. The highest BCUT2D eigenvalue weighted by atomic mass is 19.4. The standard InChI is InChI=1S/C18H18F4N2O/c19-16-7-2-1-5-13(16)9-15(23)10-17(25)24-11-12-4-3-6-14(8-12)18(20,21)22/h1-8,15H,9-11,23H2,(H,24,25)/t15-/m1/s1. The minimum atomic E-state index is -4.43. The van der Waals surface area contributed by atoms with Gasteiger partial charge in [-0.1, -0.05) is 30.3 Å². The molecule has 0 aliphatic carbocycles. The summed E-state index contributed by atoms with van der Waals surface area (Å²) in [5, 5.41) is 2.53. The molecule has 7 heteroatoms. The minimum Gasteiger partial charge on any atom is -0.352 e. The average molecular weight is 354 g/mol. The van der Waals surface area contributed by atoms with Gasteiger partial charge in [0.2, 0.25) is 5.91 Å². The van der Waals surface area contributed by atoms with Crippen LogP contribution < -0.4 is 11.1 Å². The summed E-state index contributed by atoms with van der Waals surface area (Å²) in [6, 6.07) is 10.3. The van der Waals surface area contributed by atoms with Crippen molar-refractivity contribution in [3.63, 3.8) is 0 Å². The molecule has 134 valence electrons. The third kappa shape index (κ3) is 5.86. The van der Waals surface area contributed by atoms with Crippen LogP contribution in [0, 0.1) is 5.82 Å². The number of carbonyl (C=O) groups excluding carboxylic acids is 1. The van der Waals surface area contributed by atoms with E-state index < -0.39 is 23.7 Å². The second-order valence-corrected chi connectivity index (χ2v) is 5.73. The number of hydrogen-bond acceptors (Lipinski definition) is 2. The molecular weight excluding hydrogens is 336 g/mol. The zero-order valence-electron chi connectivity index (χ0n) is 13.3. The summed E-state index contributed by atoms with van der Waals surface area (Å²) in [5.74, 6) is -0.788. The molecule has 2 aromatic carbocycles. The molecular formula is C18H18F4N2O. The lowest BCUT2D eigenvalue weighted by Gasteiger charge is -2.13. The van der Waals surface area contributed by atoms with E-state index in [4.69, 9.17) is 5.73 Å². The van der Waals surface area contributed by atoms with Crippen LogP contribution >= 0.6 is 0 Å². The van der Waals surface area contributed by atoms with E-state index in [0.717, 1.165) is 12.1 Å². The summed E-state index contributed by atoms with van der Waals surface area (Å²) in [5.41, 5.74) is 5.84. The maximum absolute atomic E-state index is 13.5. The molecule has 0 radical (unpaired) electrons. The fourth-order valence-electron chi connectivity index (χ4n) is 2.39. The Hall–Kier alpha value is -2.41. The molecule has 0 saturated carbocycles. The molecule has 0 heterocycles. The average Bonchev–Trinajstić information content (AvgIpc) is 2.54. The lowest BCUT2D eigenvalue weighted by atomic mass is 10.0. The minimum absolute atomic E-state index is 0.0326. The van der Waals surface area contributed by atoms with Gasteiger partial charge in [-0.15, -0.1) is 0 Å². The van der Waals surface area contributed by atoms with Crippen LogP contribution in [-0.2, 0) is 23.9 Å². The maximum atomic E-state index is 13.5. The molecule has 0 bridgehead atoms. The van der Waals surface area contributed by atoms with Crippen LogP contribution in [-0.4, -0.2) is 11.9 Å². The highest BCUT2D eigenvalue weighted by Gasteiger charge is 2.30. The SMILES string of the molecule is N[C@@H](CC(=O)NCc1cccc(C(F)(F)F)c1)Cc1ccccc1F. The normalized spacial score (nSPS) is 12.7. The van der Waals surface area contributed by atoms with E-state index >= 15 is 0 Å². The number of halogens is 4. The Kier molecular flexibility index (Phi) is 6.14. The summed E-state index contributed by atoms with van der Waals surface area (Å²) < 4.78 is 51.5. The van der Waals surface area contributed by atoms with Gasteiger partial charge >= 0.3 is 6.18 Å². The van der Waals surface area contributed by atoms with Crippen LogP contribution in [0.15, 0.2) is 48.5 Å². The number of nitrogens with one attached hydrogen (secondary N) is 1. The molecule has 0 unspecified atom stereocenters. The number of hydrogen-bond donors (Lipinski definition) is 2. The number of carbonyl (C=O) groups is 1. The van der Waals surface area contributed by atoms with Gasteiger partial charge in [0.25, 0.3) is 0 Å². The third-order valence-corrected chi connectivity index (χ3v) is 3.63.